The van der Waals surface area contributed by atoms with Crippen molar-refractivity contribution in [2.75, 3.05) is 0 Å². The molecule has 0 saturated carbocycles. The molecule has 1 heterocycles. The first-order valence-corrected chi connectivity index (χ1v) is 8.92. The van der Waals surface area contributed by atoms with Gasteiger partial charge in [-0.15, -0.1) is 11.3 Å². The highest BCUT2D eigenvalue weighted by Crippen LogP contribution is 2.20. The summed E-state index contributed by atoms with van der Waals surface area (Å²) in [6.45, 7) is 2.13. The van der Waals surface area contributed by atoms with Crippen LogP contribution in [0.1, 0.15) is 24.8 Å². The van der Waals surface area contributed by atoms with Crippen LogP contribution in [0.2, 0.25) is 0 Å². The van der Waals surface area contributed by atoms with Crippen molar-refractivity contribution in [2.24, 2.45) is 4.40 Å². The Bertz CT molecular complexity index is 716. The molecule has 0 bridgehead atoms. The molecule has 1 aliphatic carbocycles. The van der Waals surface area contributed by atoms with Crippen LogP contribution in [0, 0.1) is 5.41 Å². The zero-order chi connectivity index (χ0) is 14.7. The molecule has 0 atom stereocenters. The van der Waals surface area contributed by atoms with E-state index in [1.54, 1.807) is 11.3 Å². The van der Waals surface area contributed by atoms with Gasteiger partial charge in [-0.05, 0) is 57.5 Å². The Balaban J connectivity index is 2.45. The highest BCUT2D eigenvalue weighted by atomic mass is 79.9. The van der Waals surface area contributed by atoms with Gasteiger partial charge in [-0.1, -0.05) is 19.1 Å². The van der Waals surface area contributed by atoms with Crippen molar-refractivity contribution in [3.63, 3.8) is 0 Å². The number of hydrogen-bond donors (Lipinski definition) is 2. The quantitative estimate of drug-likeness (QED) is 0.553. The molecule has 20 heavy (non-hydrogen) atoms. The normalized spacial score (nSPS) is 17.4. The minimum Gasteiger partial charge on any atom is -0.297 e. The van der Waals surface area contributed by atoms with Crippen LogP contribution in [0.15, 0.2) is 16.5 Å². The van der Waals surface area contributed by atoms with Crippen molar-refractivity contribution < 1.29 is 0 Å². The van der Waals surface area contributed by atoms with Gasteiger partial charge in [0.25, 0.3) is 0 Å². The third-order valence-corrected chi connectivity index (χ3v) is 5.91. The number of halogens is 2. The number of aryl methyl sites for hydroxylation is 1. The minimum absolute atomic E-state index is 0.334. The molecule has 0 unspecified atom stereocenters. The summed E-state index contributed by atoms with van der Waals surface area (Å²) in [5, 5.41) is 9.98. The first-order valence-electron chi connectivity index (χ1n) is 6.12. The van der Waals surface area contributed by atoms with Crippen molar-refractivity contribution in [2.45, 2.75) is 26.2 Å². The van der Waals surface area contributed by atoms with E-state index in [1.165, 1.54) is 0 Å². The summed E-state index contributed by atoms with van der Waals surface area (Å²) < 4.78 is 6.31. The van der Waals surface area contributed by atoms with Gasteiger partial charge in [0, 0.05) is 6.42 Å². The molecule has 1 aromatic heterocycles. The van der Waals surface area contributed by atoms with Crippen LogP contribution >= 0.6 is 56.0 Å². The fraction of sp³-hybridized carbons (Fsp3) is 0.308. The topological polar surface area (TPSA) is 49.1 Å². The van der Waals surface area contributed by atoms with Crippen LogP contribution in [0.5, 0.6) is 0 Å². The summed E-state index contributed by atoms with van der Waals surface area (Å²) in [5.74, 6) is 0. The smallest absolute Gasteiger partial charge is 0.114 e. The molecule has 2 rings (SSSR count). The van der Waals surface area contributed by atoms with E-state index in [2.05, 4.69) is 73.1 Å². The van der Waals surface area contributed by atoms with Crippen molar-refractivity contribution in [3.8, 4) is 0 Å². The minimum atomic E-state index is 0.334. The van der Waals surface area contributed by atoms with E-state index in [0.29, 0.717) is 11.4 Å². The molecule has 0 amide bonds. The SMILES string of the molecule is CC/C=C/CCc1nc2c(s1)=C(Br)C(=N)/C(=N\S)C=2Br. The highest BCUT2D eigenvalue weighted by Gasteiger charge is 2.22. The molecule has 1 N–H and O–H groups in total. The molecule has 0 aliphatic heterocycles. The van der Waals surface area contributed by atoms with Crippen LogP contribution in [0.25, 0.3) is 8.96 Å². The van der Waals surface area contributed by atoms with Crippen LogP contribution in [-0.4, -0.2) is 16.4 Å². The van der Waals surface area contributed by atoms with E-state index >= 15 is 0 Å². The Morgan fingerprint density at radius 1 is 1.35 bits per heavy atom. The molecule has 3 nitrogen and oxygen atoms in total. The first-order chi connectivity index (χ1) is 9.60. The lowest BCUT2D eigenvalue weighted by atomic mass is 10.1. The second-order valence-corrected chi connectivity index (χ2v) is 7.02. The van der Waals surface area contributed by atoms with Gasteiger partial charge in [-0.3, -0.25) is 5.41 Å². The Morgan fingerprint density at radius 2 is 2.10 bits per heavy atom. The number of rotatable bonds is 4. The molecule has 0 radical (unpaired) electrons. The maximum absolute atomic E-state index is 8.07. The molecule has 0 spiro atoms. The lowest BCUT2D eigenvalue weighted by molar-refractivity contribution is 0.965. The number of thiol groups is 1. The fourth-order valence-corrected chi connectivity index (χ4v) is 4.48. The highest BCUT2D eigenvalue weighted by molar-refractivity contribution is 9.16. The molecule has 0 aromatic carbocycles. The number of nitrogens with one attached hydrogen (secondary N) is 1. The number of aromatic nitrogens is 1. The van der Waals surface area contributed by atoms with E-state index in [4.69, 9.17) is 5.41 Å². The number of hydrogen-bond acceptors (Lipinski definition) is 5. The van der Waals surface area contributed by atoms with E-state index in [-0.39, 0.29) is 0 Å². The summed E-state index contributed by atoms with van der Waals surface area (Å²) in [5.41, 5.74) is 0.843. The number of allylic oxidation sites excluding steroid dienone is 2. The predicted molar refractivity (Wildman–Crippen MR) is 97.9 cm³/mol. The molecular weight excluding hydrogens is 422 g/mol. The second kappa shape index (κ2) is 7.15. The molecule has 106 valence electrons. The first kappa shape index (κ1) is 16.1. The fourth-order valence-electron chi connectivity index (χ4n) is 1.79. The Kier molecular flexibility index (Phi) is 5.77. The van der Waals surface area contributed by atoms with E-state index in [0.717, 1.165) is 43.1 Å². The number of fused-ring (bicyclic) bond motifs is 1. The van der Waals surface area contributed by atoms with Gasteiger partial charge in [-0.25, -0.2) is 9.38 Å². The summed E-state index contributed by atoms with van der Waals surface area (Å²) in [4.78, 5) is 4.65. The number of thiazole rings is 1. The summed E-state index contributed by atoms with van der Waals surface area (Å²) in [6, 6.07) is 0. The van der Waals surface area contributed by atoms with E-state index in [1.807, 2.05) is 0 Å². The van der Waals surface area contributed by atoms with Crippen LogP contribution in [0.4, 0.5) is 0 Å². The Labute approximate surface area is 143 Å². The largest absolute Gasteiger partial charge is 0.297 e. The molecule has 1 aromatic rings. The standard InChI is InChI=1S/C13H13Br2N3S2/c1-2-3-4-5-6-7-17-12-9(15)11(18-19)10(16)8(14)13(12)20-7/h3-4,16,19H,2,5-6H2,1H3/b4-3+,16-10?,18-11-. The summed E-state index contributed by atoms with van der Waals surface area (Å²) >= 11 is 12.5. The Hall–Kier alpha value is -0.240. The maximum atomic E-state index is 8.07. The number of nitrogens with zero attached hydrogens (tertiary/aromatic N) is 2. The molecule has 0 saturated heterocycles. The average Bonchev–Trinajstić information content (AvgIpc) is 2.86. The van der Waals surface area contributed by atoms with Gasteiger partial charge in [0.2, 0.25) is 0 Å². The van der Waals surface area contributed by atoms with Crippen molar-refractivity contribution in [3.05, 3.63) is 27.0 Å². The van der Waals surface area contributed by atoms with E-state index < -0.39 is 0 Å². The third-order valence-electron chi connectivity index (χ3n) is 2.77. The zero-order valence-corrected chi connectivity index (χ0v) is 15.7. The predicted octanol–water partition coefficient (Wildman–Crippen LogP) is 3.37. The molecule has 0 fully saturated rings. The average molecular weight is 435 g/mol. The van der Waals surface area contributed by atoms with Gasteiger partial charge in [0.15, 0.2) is 0 Å². The van der Waals surface area contributed by atoms with Gasteiger partial charge in [-0.2, -0.15) is 0 Å². The summed E-state index contributed by atoms with van der Waals surface area (Å²) in [6.07, 6.45) is 7.31. The van der Waals surface area contributed by atoms with Crippen LogP contribution in [0.3, 0.4) is 0 Å². The molecule has 7 heteroatoms. The van der Waals surface area contributed by atoms with Crippen molar-refractivity contribution >= 4 is 76.4 Å². The lowest BCUT2D eigenvalue weighted by Crippen LogP contribution is -2.35. The zero-order valence-electron chi connectivity index (χ0n) is 10.8. The maximum Gasteiger partial charge on any atom is 0.114 e. The molecular formula is C13H13Br2N3S2. The van der Waals surface area contributed by atoms with Crippen molar-refractivity contribution in [1.29, 1.82) is 5.41 Å². The van der Waals surface area contributed by atoms with Crippen LogP contribution < -0.4 is 9.88 Å². The Morgan fingerprint density at radius 3 is 2.75 bits per heavy atom. The monoisotopic (exact) mass is 433 g/mol. The lowest BCUT2D eigenvalue weighted by Gasteiger charge is -2.08. The summed E-state index contributed by atoms with van der Waals surface area (Å²) in [7, 11) is 0. The van der Waals surface area contributed by atoms with Crippen LogP contribution in [-0.2, 0) is 6.42 Å². The van der Waals surface area contributed by atoms with E-state index in [9.17, 15) is 0 Å². The van der Waals surface area contributed by atoms with Gasteiger partial charge in [0.05, 0.1) is 29.6 Å². The van der Waals surface area contributed by atoms with Gasteiger partial charge >= 0.3 is 0 Å². The molecule has 1 aliphatic rings. The van der Waals surface area contributed by atoms with Crippen molar-refractivity contribution in [1.82, 2.24) is 4.98 Å². The third kappa shape index (κ3) is 3.16. The second-order valence-electron chi connectivity index (χ2n) is 4.16. The van der Waals surface area contributed by atoms with Gasteiger partial charge < -0.3 is 0 Å². The van der Waals surface area contributed by atoms with Gasteiger partial charge in [0.1, 0.15) is 5.71 Å².